The van der Waals surface area contributed by atoms with E-state index in [2.05, 4.69) is 43.4 Å². The molecule has 0 N–H and O–H groups in total. The molecule has 0 amide bonds. The lowest BCUT2D eigenvalue weighted by molar-refractivity contribution is -0.150. The summed E-state index contributed by atoms with van der Waals surface area (Å²) in [4.78, 5) is 11.8. The van der Waals surface area contributed by atoms with Gasteiger partial charge in [-0.05, 0) is 70.6 Å². The molecule has 0 heterocycles. The van der Waals surface area contributed by atoms with Crippen LogP contribution in [0.15, 0.2) is 36.5 Å². The molecule has 1 fully saturated rings. The summed E-state index contributed by atoms with van der Waals surface area (Å²) in [5.41, 5.74) is 0. The first-order valence-corrected chi connectivity index (χ1v) is 11.0. The third-order valence-electron chi connectivity index (χ3n) is 4.87. The van der Waals surface area contributed by atoms with Gasteiger partial charge in [0.2, 0.25) is 0 Å². The van der Waals surface area contributed by atoms with Crippen molar-refractivity contribution < 1.29 is 9.53 Å². The van der Waals surface area contributed by atoms with Crippen molar-refractivity contribution in [3.63, 3.8) is 0 Å². The van der Waals surface area contributed by atoms with Crippen molar-refractivity contribution in [2.24, 2.45) is 0 Å². The molecule has 2 nitrogen and oxygen atoms in total. The first-order chi connectivity index (χ1) is 12.8. The highest BCUT2D eigenvalue weighted by Crippen LogP contribution is 2.21. The molecular weight excluding hydrogens is 320 g/mol. The second-order valence-electron chi connectivity index (χ2n) is 7.38. The Kier molecular flexibility index (Phi) is 15.0. The number of allylic oxidation sites excluding steroid dienone is 6. The highest BCUT2D eigenvalue weighted by atomic mass is 16.5. The Morgan fingerprint density at radius 3 is 2.00 bits per heavy atom. The topological polar surface area (TPSA) is 26.3 Å². The van der Waals surface area contributed by atoms with Crippen molar-refractivity contribution in [3.05, 3.63) is 36.5 Å². The molecule has 26 heavy (non-hydrogen) atoms. The van der Waals surface area contributed by atoms with Crippen molar-refractivity contribution in [1.82, 2.24) is 0 Å². The van der Waals surface area contributed by atoms with Gasteiger partial charge < -0.3 is 4.74 Å². The molecule has 2 heteroatoms. The number of carbonyl (C=O) groups excluding carboxylic acids is 1. The fourth-order valence-electron chi connectivity index (χ4n) is 3.25. The van der Waals surface area contributed by atoms with Gasteiger partial charge in [-0.2, -0.15) is 0 Å². The number of hydrogen-bond acceptors (Lipinski definition) is 2. The van der Waals surface area contributed by atoms with Gasteiger partial charge in [-0.1, -0.05) is 62.6 Å². The molecule has 1 saturated carbocycles. The Labute approximate surface area is 161 Å². The molecule has 0 bridgehead atoms. The van der Waals surface area contributed by atoms with Crippen molar-refractivity contribution in [1.29, 1.82) is 0 Å². The van der Waals surface area contributed by atoms with Gasteiger partial charge >= 0.3 is 5.97 Å². The minimum atomic E-state index is 0.00608. The molecule has 1 rings (SSSR count). The van der Waals surface area contributed by atoms with Gasteiger partial charge in [-0.25, -0.2) is 0 Å². The minimum absolute atomic E-state index is 0.00608. The van der Waals surface area contributed by atoms with Crippen molar-refractivity contribution >= 4 is 5.97 Å². The zero-order valence-corrected chi connectivity index (χ0v) is 17.0. The number of hydrogen-bond donors (Lipinski definition) is 0. The average molecular weight is 361 g/mol. The van der Waals surface area contributed by atoms with E-state index in [1.54, 1.807) is 0 Å². The summed E-state index contributed by atoms with van der Waals surface area (Å²) in [6.07, 6.45) is 30.4. The van der Waals surface area contributed by atoms with E-state index in [0.717, 1.165) is 44.9 Å². The number of esters is 1. The predicted molar refractivity (Wildman–Crippen MR) is 112 cm³/mol. The van der Waals surface area contributed by atoms with Crippen LogP contribution in [0.25, 0.3) is 0 Å². The molecule has 0 saturated heterocycles. The minimum Gasteiger partial charge on any atom is -0.462 e. The van der Waals surface area contributed by atoms with Crippen LogP contribution in [0.3, 0.4) is 0 Å². The van der Waals surface area contributed by atoms with E-state index in [9.17, 15) is 4.79 Å². The van der Waals surface area contributed by atoms with Gasteiger partial charge in [0.25, 0.3) is 0 Å². The second-order valence-corrected chi connectivity index (χ2v) is 7.38. The molecule has 0 aliphatic heterocycles. The van der Waals surface area contributed by atoms with Crippen LogP contribution in [0.4, 0.5) is 0 Å². The quantitative estimate of drug-likeness (QED) is 0.183. The fourth-order valence-corrected chi connectivity index (χ4v) is 3.25. The first kappa shape index (κ1) is 22.7. The van der Waals surface area contributed by atoms with Gasteiger partial charge in [0.1, 0.15) is 6.10 Å². The molecule has 0 spiro atoms. The van der Waals surface area contributed by atoms with Crippen LogP contribution < -0.4 is 0 Å². The summed E-state index contributed by atoms with van der Waals surface area (Å²) in [5, 5.41) is 0. The highest BCUT2D eigenvalue weighted by Gasteiger charge is 2.16. The summed E-state index contributed by atoms with van der Waals surface area (Å²) < 4.78 is 5.54. The van der Waals surface area contributed by atoms with Crippen LogP contribution in [-0.2, 0) is 9.53 Å². The van der Waals surface area contributed by atoms with Gasteiger partial charge in [0.05, 0.1) is 0 Å². The van der Waals surface area contributed by atoms with E-state index in [1.165, 1.54) is 44.9 Å². The maximum absolute atomic E-state index is 11.8. The molecule has 148 valence electrons. The normalized spacial score (nSPS) is 16.2. The van der Waals surface area contributed by atoms with E-state index in [-0.39, 0.29) is 12.1 Å². The summed E-state index contributed by atoms with van der Waals surface area (Å²) >= 11 is 0. The molecular formula is C24H40O2. The first-order valence-electron chi connectivity index (χ1n) is 11.0. The second kappa shape index (κ2) is 17.1. The van der Waals surface area contributed by atoms with Gasteiger partial charge in [0, 0.05) is 6.42 Å². The van der Waals surface area contributed by atoms with Crippen molar-refractivity contribution in [3.8, 4) is 0 Å². The molecule has 0 aromatic heterocycles. The molecule has 0 aromatic rings. The third-order valence-corrected chi connectivity index (χ3v) is 4.87. The lowest BCUT2D eigenvalue weighted by Crippen LogP contribution is -2.20. The van der Waals surface area contributed by atoms with Crippen molar-refractivity contribution in [2.75, 3.05) is 0 Å². The Hall–Kier alpha value is -1.31. The number of unbranched alkanes of at least 4 members (excludes halogenated alkanes) is 5. The number of ether oxygens (including phenoxy) is 1. The zero-order chi connectivity index (χ0) is 18.7. The van der Waals surface area contributed by atoms with Crippen LogP contribution in [0.5, 0.6) is 0 Å². The smallest absolute Gasteiger partial charge is 0.306 e. The molecule has 0 aromatic carbocycles. The number of rotatable bonds is 14. The SMILES string of the molecule is CCCCC/C=C\C/C=C\C/C=C\CCCCC(=O)OC1CCCCC1. The molecule has 1 aliphatic rings. The van der Waals surface area contributed by atoms with Gasteiger partial charge in [-0.3, -0.25) is 4.79 Å². The standard InChI is InChI=1S/C24H40O2/c1-2-3-4-5-6-7-8-9-10-11-12-13-14-15-19-22-24(25)26-23-20-17-16-18-21-23/h6-7,9-10,12-13,23H,2-5,8,11,14-22H2,1H3/b7-6-,10-9-,13-12-. The van der Waals surface area contributed by atoms with E-state index in [1.807, 2.05) is 0 Å². The van der Waals surface area contributed by atoms with Gasteiger partial charge in [0.15, 0.2) is 0 Å². The summed E-state index contributed by atoms with van der Waals surface area (Å²) in [6.45, 7) is 2.24. The largest absolute Gasteiger partial charge is 0.462 e. The average Bonchev–Trinajstić information content (AvgIpc) is 2.65. The Morgan fingerprint density at radius 1 is 0.808 bits per heavy atom. The maximum atomic E-state index is 11.8. The Bertz CT molecular complexity index is 414. The molecule has 0 unspecified atom stereocenters. The van der Waals surface area contributed by atoms with Gasteiger partial charge in [-0.15, -0.1) is 0 Å². The zero-order valence-electron chi connectivity index (χ0n) is 17.0. The van der Waals surface area contributed by atoms with E-state index >= 15 is 0 Å². The Morgan fingerprint density at radius 2 is 1.38 bits per heavy atom. The molecule has 1 aliphatic carbocycles. The maximum Gasteiger partial charge on any atom is 0.306 e. The van der Waals surface area contributed by atoms with Crippen LogP contribution in [-0.4, -0.2) is 12.1 Å². The summed E-state index contributed by atoms with van der Waals surface area (Å²) in [6, 6.07) is 0. The molecule has 0 radical (unpaired) electrons. The van der Waals surface area contributed by atoms with Crippen LogP contribution in [0.1, 0.15) is 103 Å². The fraction of sp³-hybridized carbons (Fsp3) is 0.708. The summed E-state index contributed by atoms with van der Waals surface area (Å²) in [7, 11) is 0. The Balaban J connectivity index is 1.89. The van der Waals surface area contributed by atoms with Crippen molar-refractivity contribution in [2.45, 2.75) is 109 Å². The highest BCUT2D eigenvalue weighted by molar-refractivity contribution is 5.69. The van der Waals surface area contributed by atoms with Crippen LogP contribution in [0.2, 0.25) is 0 Å². The van der Waals surface area contributed by atoms with E-state index in [4.69, 9.17) is 4.74 Å². The third kappa shape index (κ3) is 13.9. The predicted octanol–water partition coefficient (Wildman–Crippen LogP) is 7.45. The van der Waals surface area contributed by atoms with E-state index in [0.29, 0.717) is 6.42 Å². The summed E-state index contributed by atoms with van der Waals surface area (Å²) in [5.74, 6) is 0.00608. The molecule has 0 atom stereocenters. The lowest BCUT2D eigenvalue weighted by Gasteiger charge is -2.21. The van der Waals surface area contributed by atoms with Crippen LogP contribution >= 0.6 is 0 Å². The monoisotopic (exact) mass is 360 g/mol. The lowest BCUT2D eigenvalue weighted by atomic mass is 9.98. The number of carbonyl (C=O) groups is 1. The van der Waals surface area contributed by atoms with Crippen LogP contribution in [0, 0.1) is 0 Å². The van der Waals surface area contributed by atoms with E-state index < -0.39 is 0 Å².